The Morgan fingerprint density at radius 3 is 2.58 bits per heavy atom. The van der Waals surface area contributed by atoms with Gasteiger partial charge in [0.05, 0.1) is 16.6 Å². The van der Waals surface area contributed by atoms with Crippen molar-refractivity contribution in [1.82, 2.24) is 20.2 Å². The zero-order valence-electron chi connectivity index (χ0n) is 13.4. The number of hydrogen-bond donors (Lipinski definition) is 1. The Bertz CT molecular complexity index is 935. The molecule has 0 spiro atoms. The van der Waals surface area contributed by atoms with Gasteiger partial charge in [-0.15, -0.1) is 5.10 Å². The molecular formula is C16H12F3N5OS. The van der Waals surface area contributed by atoms with E-state index in [1.807, 2.05) is 18.2 Å². The van der Waals surface area contributed by atoms with Crippen LogP contribution in [-0.4, -0.2) is 31.4 Å². The Labute approximate surface area is 150 Å². The molecule has 0 fully saturated rings. The molecule has 6 nitrogen and oxygen atoms in total. The molecule has 3 rings (SSSR count). The number of halogens is 3. The lowest BCUT2D eigenvalue weighted by molar-refractivity contribution is -0.115. The van der Waals surface area contributed by atoms with Crippen LogP contribution in [0.2, 0.25) is 0 Å². The molecule has 1 atom stereocenters. The highest BCUT2D eigenvalue weighted by Crippen LogP contribution is 2.25. The van der Waals surface area contributed by atoms with Gasteiger partial charge in [0, 0.05) is 0 Å². The molecule has 0 aliphatic carbocycles. The summed E-state index contributed by atoms with van der Waals surface area (Å²) in [5, 5.41) is 13.2. The van der Waals surface area contributed by atoms with Crippen LogP contribution in [0.4, 0.5) is 18.9 Å². The Morgan fingerprint density at radius 1 is 1.12 bits per heavy atom. The van der Waals surface area contributed by atoms with Gasteiger partial charge in [-0.1, -0.05) is 30.0 Å². The van der Waals surface area contributed by atoms with E-state index in [4.69, 9.17) is 0 Å². The number of aromatic nitrogens is 4. The van der Waals surface area contributed by atoms with Crippen molar-refractivity contribution in [2.45, 2.75) is 17.3 Å². The van der Waals surface area contributed by atoms with Gasteiger partial charge < -0.3 is 5.32 Å². The number of amides is 1. The quantitative estimate of drug-likeness (QED) is 0.544. The van der Waals surface area contributed by atoms with Crippen molar-refractivity contribution in [3.63, 3.8) is 0 Å². The van der Waals surface area contributed by atoms with Crippen LogP contribution in [0.15, 0.2) is 47.6 Å². The van der Waals surface area contributed by atoms with Gasteiger partial charge >= 0.3 is 0 Å². The Balaban J connectivity index is 1.73. The van der Waals surface area contributed by atoms with Gasteiger partial charge in [0.2, 0.25) is 11.1 Å². The third-order valence-corrected chi connectivity index (χ3v) is 4.42. The number of anilines is 1. The summed E-state index contributed by atoms with van der Waals surface area (Å²) < 4.78 is 41.3. The van der Waals surface area contributed by atoms with E-state index in [1.54, 1.807) is 19.1 Å². The monoisotopic (exact) mass is 379 g/mol. The number of para-hydroxylation sites is 1. The van der Waals surface area contributed by atoms with E-state index >= 15 is 0 Å². The van der Waals surface area contributed by atoms with Crippen molar-refractivity contribution in [3.05, 3.63) is 59.9 Å². The van der Waals surface area contributed by atoms with Gasteiger partial charge in [0.1, 0.15) is 0 Å². The smallest absolute Gasteiger partial charge is 0.237 e. The van der Waals surface area contributed by atoms with E-state index in [1.165, 1.54) is 4.68 Å². The summed E-state index contributed by atoms with van der Waals surface area (Å²) in [5.41, 5.74) is 0.267. The first-order chi connectivity index (χ1) is 12.5. The molecule has 1 unspecified atom stereocenters. The van der Waals surface area contributed by atoms with Crippen LogP contribution in [0.3, 0.4) is 0 Å². The molecule has 2 aromatic carbocycles. The van der Waals surface area contributed by atoms with Crippen LogP contribution in [0.25, 0.3) is 5.69 Å². The van der Waals surface area contributed by atoms with Crippen LogP contribution >= 0.6 is 11.8 Å². The maximum absolute atomic E-state index is 13.7. The summed E-state index contributed by atoms with van der Waals surface area (Å²) in [6.07, 6.45) is 0. The minimum Gasteiger partial charge on any atom is -0.323 e. The van der Waals surface area contributed by atoms with Crippen molar-refractivity contribution in [1.29, 1.82) is 0 Å². The SMILES string of the molecule is CC(Sc1nnnn1-c1ccccc1)C(=O)Nc1ccc(F)c(F)c1F. The number of benzene rings is 2. The highest BCUT2D eigenvalue weighted by atomic mass is 32.2. The minimum atomic E-state index is -1.64. The molecule has 1 amide bonds. The predicted octanol–water partition coefficient (Wildman–Crippen LogP) is 3.20. The van der Waals surface area contributed by atoms with Crippen LogP contribution in [-0.2, 0) is 4.79 Å². The van der Waals surface area contributed by atoms with Gasteiger partial charge in [0.25, 0.3) is 0 Å². The third-order valence-electron chi connectivity index (χ3n) is 3.39. The summed E-state index contributed by atoms with van der Waals surface area (Å²) in [6.45, 7) is 1.56. The fourth-order valence-corrected chi connectivity index (χ4v) is 2.86. The molecule has 1 aromatic heterocycles. The first-order valence-corrected chi connectivity index (χ1v) is 8.30. The Morgan fingerprint density at radius 2 is 1.85 bits per heavy atom. The summed E-state index contributed by atoms with van der Waals surface area (Å²) in [6, 6.07) is 10.7. The van der Waals surface area contributed by atoms with Gasteiger partial charge in [-0.25, -0.2) is 13.2 Å². The fourth-order valence-electron chi connectivity index (χ4n) is 2.05. The minimum absolute atomic E-state index is 0.351. The molecule has 134 valence electrons. The second-order valence-electron chi connectivity index (χ2n) is 5.18. The van der Waals surface area contributed by atoms with E-state index in [-0.39, 0.29) is 0 Å². The maximum atomic E-state index is 13.7. The second kappa shape index (κ2) is 7.56. The maximum Gasteiger partial charge on any atom is 0.237 e. The van der Waals surface area contributed by atoms with Crippen molar-refractivity contribution in [2.75, 3.05) is 5.32 Å². The van der Waals surface area contributed by atoms with Crippen molar-refractivity contribution >= 4 is 23.4 Å². The molecule has 1 N–H and O–H groups in total. The highest BCUT2D eigenvalue weighted by Gasteiger charge is 2.22. The molecule has 0 saturated heterocycles. The molecule has 0 radical (unpaired) electrons. The molecule has 0 aliphatic heterocycles. The first kappa shape index (κ1) is 17.9. The Hall–Kier alpha value is -2.88. The number of carbonyl (C=O) groups is 1. The van der Waals surface area contributed by atoms with Gasteiger partial charge in [0.15, 0.2) is 17.5 Å². The first-order valence-electron chi connectivity index (χ1n) is 7.42. The van der Waals surface area contributed by atoms with Gasteiger partial charge in [-0.2, -0.15) is 4.68 Å². The molecule has 0 aliphatic rings. The molecule has 3 aromatic rings. The highest BCUT2D eigenvalue weighted by molar-refractivity contribution is 8.00. The lowest BCUT2D eigenvalue weighted by Crippen LogP contribution is -2.23. The molecule has 0 saturated carbocycles. The summed E-state index contributed by atoms with van der Waals surface area (Å²) in [7, 11) is 0. The largest absolute Gasteiger partial charge is 0.323 e. The van der Waals surface area contributed by atoms with Crippen LogP contribution in [0.1, 0.15) is 6.92 Å². The van der Waals surface area contributed by atoms with Gasteiger partial charge in [-0.3, -0.25) is 4.79 Å². The standard InChI is InChI=1S/C16H12F3N5OS/c1-9(15(25)20-12-8-7-11(17)13(18)14(12)19)26-16-21-22-23-24(16)10-5-3-2-4-6-10/h2-9H,1H3,(H,20,25). The molecule has 10 heteroatoms. The number of carbonyl (C=O) groups excluding carboxylic acids is 1. The second-order valence-corrected chi connectivity index (χ2v) is 6.49. The average Bonchev–Trinajstić information content (AvgIpc) is 3.11. The van der Waals surface area contributed by atoms with E-state index < -0.39 is 34.3 Å². The summed E-state index contributed by atoms with van der Waals surface area (Å²) in [5.74, 6) is -5.03. The number of nitrogens with zero attached hydrogens (tertiary/aromatic N) is 4. The van der Waals surface area contributed by atoms with E-state index in [2.05, 4.69) is 20.8 Å². The van der Waals surface area contributed by atoms with E-state index in [0.29, 0.717) is 10.8 Å². The average molecular weight is 379 g/mol. The molecular weight excluding hydrogens is 367 g/mol. The predicted molar refractivity (Wildman–Crippen MR) is 89.4 cm³/mol. The number of tetrazole rings is 1. The number of hydrogen-bond acceptors (Lipinski definition) is 5. The van der Waals surface area contributed by atoms with E-state index in [9.17, 15) is 18.0 Å². The number of rotatable bonds is 5. The number of thioether (sulfide) groups is 1. The lowest BCUT2D eigenvalue weighted by Gasteiger charge is -2.12. The summed E-state index contributed by atoms with van der Waals surface area (Å²) >= 11 is 1.04. The third kappa shape index (κ3) is 3.69. The van der Waals surface area contributed by atoms with Crippen molar-refractivity contribution in [3.8, 4) is 5.69 Å². The van der Waals surface area contributed by atoms with E-state index in [0.717, 1.165) is 23.9 Å². The summed E-state index contributed by atoms with van der Waals surface area (Å²) in [4.78, 5) is 12.2. The zero-order valence-corrected chi connectivity index (χ0v) is 14.2. The van der Waals surface area contributed by atoms with Gasteiger partial charge in [-0.05, 0) is 41.6 Å². The lowest BCUT2D eigenvalue weighted by atomic mass is 10.2. The van der Waals surface area contributed by atoms with Crippen molar-refractivity contribution < 1.29 is 18.0 Å². The fraction of sp³-hybridized carbons (Fsp3) is 0.125. The van der Waals surface area contributed by atoms with Crippen LogP contribution in [0, 0.1) is 17.5 Å². The topological polar surface area (TPSA) is 72.7 Å². The zero-order chi connectivity index (χ0) is 18.7. The number of nitrogens with one attached hydrogen (secondary N) is 1. The Kier molecular flexibility index (Phi) is 5.21. The van der Waals surface area contributed by atoms with Crippen LogP contribution in [0.5, 0.6) is 0 Å². The molecule has 26 heavy (non-hydrogen) atoms. The normalized spacial score (nSPS) is 12.0. The van der Waals surface area contributed by atoms with Crippen molar-refractivity contribution in [2.24, 2.45) is 0 Å². The molecule has 0 bridgehead atoms. The van der Waals surface area contributed by atoms with Crippen LogP contribution < -0.4 is 5.32 Å². The molecule has 1 heterocycles.